The van der Waals surface area contributed by atoms with Crippen LogP contribution in [0.15, 0.2) is 18.6 Å². The van der Waals surface area contributed by atoms with Crippen LogP contribution in [0.25, 0.3) is 11.4 Å². The highest BCUT2D eigenvalue weighted by Crippen LogP contribution is 2.25. The van der Waals surface area contributed by atoms with E-state index in [-0.39, 0.29) is 12.1 Å². The summed E-state index contributed by atoms with van der Waals surface area (Å²) >= 11 is 0. The van der Waals surface area contributed by atoms with Crippen LogP contribution in [-0.4, -0.2) is 62.9 Å². The summed E-state index contributed by atoms with van der Waals surface area (Å²) in [5.41, 5.74) is 1.22. The van der Waals surface area contributed by atoms with Gasteiger partial charge in [-0.3, -0.25) is 4.68 Å². The minimum absolute atomic E-state index is 0.0371. The lowest BCUT2D eigenvalue weighted by Gasteiger charge is -2.40. The molecular formula is C17H22N8O. The summed E-state index contributed by atoms with van der Waals surface area (Å²) in [6, 6.07) is 2.15. The summed E-state index contributed by atoms with van der Waals surface area (Å²) in [4.78, 5) is 24.8. The number of nitrogens with zero attached hydrogens (tertiary/aromatic N) is 7. The van der Waals surface area contributed by atoms with Gasteiger partial charge in [0, 0.05) is 45.5 Å². The van der Waals surface area contributed by atoms with E-state index in [4.69, 9.17) is 0 Å². The number of piperazine rings is 1. The Bertz CT molecular complexity index is 840. The molecule has 9 heteroatoms. The van der Waals surface area contributed by atoms with Crippen molar-refractivity contribution in [1.82, 2.24) is 30.0 Å². The third kappa shape index (κ3) is 3.44. The molecule has 0 spiro atoms. The van der Waals surface area contributed by atoms with E-state index in [1.54, 1.807) is 22.0 Å². The quantitative estimate of drug-likeness (QED) is 0.882. The fourth-order valence-electron chi connectivity index (χ4n) is 3.07. The van der Waals surface area contributed by atoms with Crippen molar-refractivity contribution in [2.24, 2.45) is 7.05 Å². The number of nitriles is 1. The number of hydrogen-bond acceptors (Lipinski definition) is 6. The zero-order valence-electron chi connectivity index (χ0n) is 15.2. The van der Waals surface area contributed by atoms with Crippen molar-refractivity contribution in [2.45, 2.75) is 19.9 Å². The van der Waals surface area contributed by atoms with Crippen molar-refractivity contribution in [3.8, 4) is 17.5 Å². The van der Waals surface area contributed by atoms with Crippen LogP contribution in [0, 0.1) is 11.3 Å². The molecule has 1 fully saturated rings. The average molecular weight is 354 g/mol. The third-order valence-corrected chi connectivity index (χ3v) is 4.37. The number of amides is 2. The molecule has 1 saturated heterocycles. The summed E-state index contributed by atoms with van der Waals surface area (Å²) < 4.78 is 1.68. The van der Waals surface area contributed by atoms with Gasteiger partial charge in [0.2, 0.25) is 0 Å². The van der Waals surface area contributed by atoms with Crippen molar-refractivity contribution in [3.63, 3.8) is 0 Å². The molecule has 0 aliphatic carbocycles. The van der Waals surface area contributed by atoms with E-state index in [1.807, 2.05) is 27.1 Å². The Labute approximate surface area is 152 Å². The van der Waals surface area contributed by atoms with Crippen LogP contribution in [0.1, 0.15) is 19.4 Å². The Hall–Kier alpha value is -3.15. The molecular weight excluding hydrogens is 332 g/mol. The number of nitrogens with one attached hydrogen (secondary N) is 1. The molecule has 3 rings (SSSR count). The number of aryl methyl sites for hydroxylation is 1. The monoisotopic (exact) mass is 354 g/mol. The van der Waals surface area contributed by atoms with Gasteiger partial charge in [-0.2, -0.15) is 10.4 Å². The maximum Gasteiger partial charge on any atom is 0.317 e. The molecule has 26 heavy (non-hydrogen) atoms. The molecule has 1 aliphatic heterocycles. The van der Waals surface area contributed by atoms with Gasteiger partial charge in [-0.15, -0.1) is 0 Å². The number of anilines is 1. The van der Waals surface area contributed by atoms with Gasteiger partial charge in [0.1, 0.15) is 11.6 Å². The second-order valence-corrected chi connectivity index (χ2v) is 6.27. The lowest BCUT2D eigenvalue weighted by molar-refractivity contribution is 0.187. The summed E-state index contributed by atoms with van der Waals surface area (Å²) in [6.45, 7) is 6.29. The van der Waals surface area contributed by atoms with Crippen LogP contribution in [0.4, 0.5) is 10.6 Å². The van der Waals surface area contributed by atoms with Crippen molar-refractivity contribution >= 4 is 11.8 Å². The maximum absolute atomic E-state index is 12.1. The van der Waals surface area contributed by atoms with Gasteiger partial charge in [-0.25, -0.2) is 14.8 Å². The molecule has 136 valence electrons. The van der Waals surface area contributed by atoms with Crippen LogP contribution in [0.2, 0.25) is 0 Å². The predicted octanol–water partition coefficient (Wildman–Crippen LogP) is 0.989. The molecule has 9 nitrogen and oxygen atoms in total. The molecule has 0 bridgehead atoms. The average Bonchev–Trinajstić information content (AvgIpc) is 3.07. The smallest absolute Gasteiger partial charge is 0.317 e. The van der Waals surface area contributed by atoms with E-state index in [1.165, 1.54) is 0 Å². The molecule has 2 aromatic rings. The highest BCUT2D eigenvalue weighted by Gasteiger charge is 2.29. The first kappa shape index (κ1) is 17.7. The second-order valence-electron chi connectivity index (χ2n) is 6.27. The first-order valence-electron chi connectivity index (χ1n) is 8.59. The maximum atomic E-state index is 12.1. The van der Waals surface area contributed by atoms with Crippen LogP contribution in [-0.2, 0) is 7.05 Å². The standard InChI is InChI=1S/C17H22N8O/c1-4-19-17(26)24-5-6-25(12(2)10-24)16-13(7-18)8-20-15(22-16)14-9-21-23(3)11-14/h8-9,11-12H,4-6,10H2,1-3H3,(H,19,26). The first-order chi connectivity index (χ1) is 12.5. The molecule has 1 unspecified atom stereocenters. The van der Waals surface area contributed by atoms with Crippen molar-refractivity contribution in [3.05, 3.63) is 24.2 Å². The zero-order chi connectivity index (χ0) is 18.7. The van der Waals surface area contributed by atoms with Crippen LogP contribution < -0.4 is 10.2 Å². The largest absolute Gasteiger partial charge is 0.349 e. The van der Waals surface area contributed by atoms with Gasteiger partial charge >= 0.3 is 6.03 Å². The number of carbonyl (C=O) groups excluding carboxylic acids is 1. The van der Waals surface area contributed by atoms with E-state index in [2.05, 4.69) is 31.4 Å². The number of aromatic nitrogens is 4. The highest BCUT2D eigenvalue weighted by atomic mass is 16.2. The molecule has 1 atom stereocenters. The van der Waals surface area contributed by atoms with E-state index < -0.39 is 0 Å². The van der Waals surface area contributed by atoms with Gasteiger partial charge in [0.15, 0.2) is 11.6 Å². The molecule has 1 N–H and O–H groups in total. The van der Waals surface area contributed by atoms with Crippen LogP contribution in [0.3, 0.4) is 0 Å². The lowest BCUT2D eigenvalue weighted by Crippen LogP contribution is -2.56. The Morgan fingerprint density at radius 1 is 1.42 bits per heavy atom. The normalized spacial score (nSPS) is 17.1. The van der Waals surface area contributed by atoms with Crippen LogP contribution in [0.5, 0.6) is 0 Å². The van der Waals surface area contributed by atoms with Crippen molar-refractivity contribution < 1.29 is 4.79 Å². The van der Waals surface area contributed by atoms with Crippen LogP contribution >= 0.6 is 0 Å². The summed E-state index contributed by atoms with van der Waals surface area (Å²) in [5.74, 6) is 1.13. The van der Waals surface area contributed by atoms with E-state index in [0.717, 1.165) is 5.56 Å². The van der Waals surface area contributed by atoms with Crippen molar-refractivity contribution in [2.75, 3.05) is 31.1 Å². The van der Waals surface area contributed by atoms with Gasteiger partial charge < -0.3 is 15.1 Å². The minimum Gasteiger partial charge on any atom is -0.349 e. The van der Waals surface area contributed by atoms with Crippen molar-refractivity contribution in [1.29, 1.82) is 5.26 Å². The van der Waals surface area contributed by atoms with E-state index in [0.29, 0.717) is 43.4 Å². The predicted molar refractivity (Wildman–Crippen MR) is 96.4 cm³/mol. The Kier molecular flexibility index (Phi) is 5.02. The molecule has 0 aromatic carbocycles. The topological polar surface area (TPSA) is 103 Å². The van der Waals surface area contributed by atoms with Gasteiger partial charge in [-0.05, 0) is 13.8 Å². The minimum atomic E-state index is -0.0572. The number of carbonyl (C=O) groups is 1. The van der Waals surface area contributed by atoms with Gasteiger partial charge in [0.05, 0.1) is 18.0 Å². The SMILES string of the molecule is CCNC(=O)N1CCN(c2nc(-c3cnn(C)c3)ncc2C#N)C(C)C1. The molecule has 0 radical (unpaired) electrons. The molecule has 3 heterocycles. The summed E-state index contributed by atoms with van der Waals surface area (Å²) in [5, 5.41) is 16.4. The van der Waals surface area contributed by atoms with E-state index >= 15 is 0 Å². The molecule has 1 aliphatic rings. The highest BCUT2D eigenvalue weighted by molar-refractivity contribution is 5.74. The molecule has 0 saturated carbocycles. The van der Waals surface area contributed by atoms with Gasteiger partial charge in [0.25, 0.3) is 0 Å². The zero-order valence-corrected chi connectivity index (χ0v) is 15.2. The molecule has 2 aromatic heterocycles. The Morgan fingerprint density at radius 2 is 2.23 bits per heavy atom. The summed E-state index contributed by atoms with van der Waals surface area (Å²) in [6.07, 6.45) is 5.08. The van der Waals surface area contributed by atoms with Gasteiger partial charge in [-0.1, -0.05) is 0 Å². The Balaban J connectivity index is 1.86. The fourth-order valence-corrected chi connectivity index (χ4v) is 3.07. The number of rotatable bonds is 3. The number of hydrogen-bond donors (Lipinski definition) is 1. The van der Waals surface area contributed by atoms with E-state index in [9.17, 15) is 10.1 Å². The first-order valence-corrected chi connectivity index (χ1v) is 8.59. The Morgan fingerprint density at radius 3 is 2.85 bits per heavy atom. The molecule has 2 amide bonds. The number of urea groups is 1. The fraction of sp³-hybridized carbons (Fsp3) is 0.471. The lowest BCUT2D eigenvalue weighted by atomic mass is 10.1. The summed E-state index contributed by atoms with van der Waals surface area (Å²) in [7, 11) is 1.83. The second kappa shape index (κ2) is 7.39. The third-order valence-electron chi connectivity index (χ3n) is 4.37.